The Bertz CT molecular complexity index is 540. The maximum atomic E-state index is 11.5. The smallest absolute Gasteiger partial charge is 0.412 e. The van der Waals surface area contributed by atoms with Gasteiger partial charge in [0, 0.05) is 5.39 Å². The van der Waals surface area contributed by atoms with Gasteiger partial charge < -0.3 is 4.74 Å². The fourth-order valence-corrected chi connectivity index (χ4v) is 1.59. The molecule has 2 aromatic rings. The second kappa shape index (κ2) is 6.00. The van der Waals surface area contributed by atoms with Crippen molar-refractivity contribution < 1.29 is 9.53 Å². The van der Waals surface area contributed by atoms with Gasteiger partial charge in [-0.05, 0) is 24.6 Å². The number of hydrogen-bond donors (Lipinski definition) is 1. The second-order valence-electron chi connectivity index (χ2n) is 4.00. The molecule has 0 saturated carbocycles. The van der Waals surface area contributed by atoms with Gasteiger partial charge in [0.05, 0.1) is 12.1 Å². The summed E-state index contributed by atoms with van der Waals surface area (Å²) in [6.07, 6.45) is 1.42. The van der Waals surface area contributed by atoms with Gasteiger partial charge in [0.1, 0.15) is 5.82 Å². The van der Waals surface area contributed by atoms with Crippen molar-refractivity contribution in [3.05, 3.63) is 36.4 Å². The number of nitrogens with one attached hydrogen (secondary N) is 1. The summed E-state index contributed by atoms with van der Waals surface area (Å²) in [7, 11) is 0. The molecule has 1 heterocycles. The van der Waals surface area contributed by atoms with E-state index in [-0.39, 0.29) is 0 Å². The zero-order valence-corrected chi connectivity index (χ0v) is 10.3. The van der Waals surface area contributed by atoms with Crippen molar-refractivity contribution in [2.24, 2.45) is 0 Å². The number of carbonyl (C=O) groups is 1. The van der Waals surface area contributed by atoms with E-state index in [0.29, 0.717) is 12.4 Å². The highest BCUT2D eigenvalue weighted by Crippen LogP contribution is 2.14. The highest BCUT2D eigenvalue weighted by Gasteiger charge is 2.04. The number of para-hydroxylation sites is 1. The number of carbonyl (C=O) groups excluding carboxylic acids is 1. The first-order valence-electron chi connectivity index (χ1n) is 6.09. The topological polar surface area (TPSA) is 51.2 Å². The molecule has 4 nitrogen and oxygen atoms in total. The maximum Gasteiger partial charge on any atom is 0.412 e. The van der Waals surface area contributed by atoms with Crippen molar-refractivity contribution >= 4 is 22.8 Å². The van der Waals surface area contributed by atoms with E-state index < -0.39 is 6.09 Å². The minimum absolute atomic E-state index is 0.440. The average Bonchev–Trinajstić information content (AvgIpc) is 2.39. The van der Waals surface area contributed by atoms with Gasteiger partial charge in [-0.15, -0.1) is 0 Å². The van der Waals surface area contributed by atoms with E-state index in [2.05, 4.69) is 10.3 Å². The van der Waals surface area contributed by atoms with E-state index in [4.69, 9.17) is 4.74 Å². The first kappa shape index (κ1) is 12.4. The first-order chi connectivity index (χ1) is 8.79. The van der Waals surface area contributed by atoms with Crippen LogP contribution in [-0.4, -0.2) is 17.7 Å². The Labute approximate surface area is 106 Å². The third kappa shape index (κ3) is 3.20. The number of amides is 1. The van der Waals surface area contributed by atoms with E-state index in [1.807, 2.05) is 37.3 Å². The Balaban J connectivity index is 2.01. The molecule has 1 N–H and O–H groups in total. The molecular weight excluding hydrogens is 228 g/mol. The first-order valence-corrected chi connectivity index (χ1v) is 6.09. The summed E-state index contributed by atoms with van der Waals surface area (Å²) in [6, 6.07) is 11.4. The van der Waals surface area contributed by atoms with Crippen LogP contribution in [0.2, 0.25) is 0 Å². The lowest BCUT2D eigenvalue weighted by atomic mass is 10.2. The number of anilines is 1. The Hall–Kier alpha value is -2.10. The van der Waals surface area contributed by atoms with E-state index >= 15 is 0 Å². The fraction of sp³-hybridized carbons (Fsp3) is 0.286. The molecule has 2 rings (SSSR count). The fourth-order valence-electron chi connectivity index (χ4n) is 1.59. The summed E-state index contributed by atoms with van der Waals surface area (Å²) in [5.41, 5.74) is 0.851. The molecule has 1 aromatic heterocycles. The molecule has 0 aliphatic rings. The van der Waals surface area contributed by atoms with Crippen LogP contribution in [0, 0.1) is 0 Å². The van der Waals surface area contributed by atoms with Crippen LogP contribution in [0.3, 0.4) is 0 Å². The lowest BCUT2D eigenvalue weighted by Crippen LogP contribution is -2.15. The largest absolute Gasteiger partial charge is 0.449 e. The van der Waals surface area contributed by atoms with Crippen molar-refractivity contribution in [1.82, 2.24) is 4.98 Å². The van der Waals surface area contributed by atoms with Gasteiger partial charge in [-0.1, -0.05) is 31.5 Å². The van der Waals surface area contributed by atoms with Crippen molar-refractivity contribution in [3.8, 4) is 0 Å². The summed E-state index contributed by atoms with van der Waals surface area (Å²) in [5.74, 6) is 0.509. The highest BCUT2D eigenvalue weighted by molar-refractivity contribution is 5.86. The van der Waals surface area contributed by atoms with Crippen LogP contribution in [0.1, 0.15) is 19.8 Å². The molecule has 0 atom stereocenters. The third-order valence-corrected chi connectivity index (χ3v) is 2.56. The van der Waals surface area contributed by atoms with Gasteiger partial charge in [-0.25, -0.2) is 9.78 Å². The van der Waals surface area contributed by atoms with E-state index in [0.717, 1.165) is 23.7 Å². The molecule has 0 spiro atoms. The molecule has 4 heteroatoms. The summed E-state index contributed by atoms with van der Waals surface area (Å²) in [4.78, 5) is 15.8. The van der Waals surface area contributed by atoms with Gasteiger partial charge in [-0.3, -0.25) is 5.32 Å². The maximum absolute atomic E-state index is 11.5. The van der Waals surface area contributed by atoms with Crippen LogP contribution >= 0.6 is 0 Å². The minimum Gasteiger partial charge on any atom is -0.449 e. The van der Waals surface area contributed by atoms with Gasteiger partial charge in [-0.2, -0.15) is 0 Å². The van der Waals surface area contributed by atoms with E-state index in [9.17, 15) is 4.79 Å². The van der Waals surface area contributed by atoms with Crippen LogP contribution in [0.15, 0.2) is 36.4 Å². The lowest BCUT2D eigenvalue weighted by molar-refractivity contribution is 0.160. The molecule has 1 aromatic carbocycles. The molecule has 0 saturated heterocycles. The molecular formula is C14H16N2O2. The van der Waals surface area contributed by atoms with Crippen molar-refractivity contribution in [3.63, 3.8) is 0 Å². The zero-order valence-electron chi connectivity index (χ0n) is 10.3. The van der Waals surface area contributed by atoms with E-state index in [1.165, 1.54) is 0 Å². The number of rotatable bonds is 4. The minimum atomic E-state index is -0.453. The summed E-state index contributed by atoms with van der Waals surface area (Å²) in [5, 5.41) is 3.66. The standard InChI is InChI=1S/C14H16N2O2/c1-2-3-10-18-14(17)16-13-9-8-11-6-4-5-7-12(11)15-13/h4-9H,2-3,10H2,1H3,(H,15,16,17). The van der Waals surface area contributed by atoms with Crippen molar-refractivity contribution in [2.75, 3.05) is 11.9 Å². The van der Waals surface area contributed by atoms with Gasteiger partial charge in [0.15, 0.2) is 0 Å². The molecule has 0 bridgehead atoms. The number of nitrogens with zero attached hydrogens (tertiary/aromatic N) is 1. The van der Waals surface area contributed by atoms with Crippen LogP contribution in [0.4, 0.5) is 10.6 Å². The number of hydrogen-bond acceptors (Lipinski definition) is 3. The zero-order chi connectivity index (χ0) is 12.8. The second-order valence-corrected chi connectivity index (χ2v) is 4.00. The van der Waals surface area contributed by atoms with Gasteiger partial charge in [0.25, 0.3) is 0 Å². The Morgan fingerprint density at radius 2 is 2.11 bits per heavy atom. The molecule has 0 fully saturated rings. The Morgan fingerprint density at radius 1 is 1.28 bits per heavy atom. The van der Waals surface area contributed by atoms with Crippen LogP contribution in [-0.2, 0) is 4.74 Å². The number of pyridine rings is 1. The SMILES string of the molecule is CCCCOC(=O)Nc1ccc2ccccc2n1. The number of ether oxygens (including phenoxy) is 1. The average molecular weight is 244 g/mol. The molecule has 0 aliphatic carbocycles. The van der Waals surface area contributed by atoms with Crippen molar-refractivity contribution in [2.45, 2.75) is 19.8 Å². The Morgan fingerprint density at radius 3 is 2.94 bits per heavy atom. The third-order valence-electron chi connectivity index (χ3n) is 2.56. The lowest BCUT2D eigenvalue weighted by Gasteiger charge is -2.06. The van der Waals surface area contributed by atoms with Crippen molar-refractivity contribution in [1.29, 1.82) is 0 Å². The van der Waals surface area contributed by atoms with Gasteiger partial charge in [0.2, 0.25) is 0 Å². The number of unbranched alkanes of at least 4 members (excludes halogenated alkanes) is 1. The predicted molar refractivity (Wildman–Crippen MR) is 71.6 cm³/mol. The molecule has 0 unspecified atom stereocenters. The molecule has 18 heavy (non-hydrogen) atoms. The number of fused-ring (bicyclic) bond motifs is 1. The normalized spacial score (nSPS) is 10.3. The monoisotopic (exact) mass is 244 g/mol. The highest BCUT2D eigenvalue weighted by atomic mass is 16.5. The van der Waals surface area contributed by atoms with Gasteiger partial charge >= 0.3 is 6.09 Å². The van der Waals surface area contributed by atoms with Crippen LogP contribution in [0.25, 0.3) is 10.9 Å². The molecule has 1 amide bonds. The van der Waals surface area contributed by atoms with Crippen LogP contribution < -0.4 is 5.32 Å². The summed E-state index contributed by atoms with van der Waals surface area (Å²) >= 11 is 0. The number of aromatic nitrogens is 1. The summed E-state index contributed by atoms with van der Waals surface area (Å²) in [6.45, 7) is 2.49. The molecule has 0 radical (unpaired) electrons. The number of benzene rings is 1. The molecule has 94 valence electrons. The molecule has 0 aliphatic heterocycles. The van der Waals surface area contributed by atoms with Crippen LogP contribution in [0.5, 0.6) is 0 Å². The Kier molecular flexibility index (Phi) is 4.12. The quantitative estimate of drug-likeness (QED) is 0.836. The summed E-state index contributed by atoms with van der Waals surface area (Å²) < 4.78 is 5.01. The predicted octanol–water partition coefficient (Wildman–Crippen LogP) is 3.58. The van der Waals surface area contributed by atoms with E-state index in [1.54, 1.807) is 6.07 Å².